The molecule has 0 bridgehead atoms. The predicted molar refractivity (Wildman–Crippen MR) is 114 cm³/mol. The highest BCUT2D eigenvalue weighted by Gasteiger charge is 2.14. The maximum absolute atomic E-state index is 12.6. The smallest absolute Gasteiger partial charge is 0.233 e. The number of nitrogens with zero attached hydrogens (tertiary/aromatic N) is 4. The van der Waals surface area contributed by atoms with E-state index in [0.717, 1.165) is 28.4 Å². The monoisotopic (exact) mass is 394 g/mol. The molecule has 0 radical (unpaired) electrons. The summed E-state index contributed by atoms with van der Waals surface area (Å²) in [6.07, 6.45) is 2.72. The predicted octanol–water partition coefficient (Wildman–Crippen LogP) is 4.20. The lowest BCUT2D eigenvalue weighted by Crippen LogP contribution is -2.27. The quantitative estimate of drug-likeness (QED) is 0.564. The Morgan fingerprint density at radius 1 is 1.11 bits per heavy atom. The Balaban J connectivity index is 1.63. The van der Waals surface area contributed by atoms with Crippen molar-refractivity contribution in [2.45, 2.75) is 38.9 Å². The Morgan fingerprint density at radius 2 is 1.82 bits per heavy atom. The van der Waals surface area contributed by atoms with Gasteiger partial charge in [0.2, 0.25) is 5.91 Å². The molecule has 1 heterocycles. The highest BCUT2D eigenvalue weighted by molar-refractivity contribution is 7.99. The van der Waals surface area contributed by atoms with Crippen molar-refractivity contribution < 1.29 is 4.79 Å². The van der Waals surface area contributed by atoms with Gasteiger partial charge in [-0.15, -0.1) is 10.2 Å². The van der Waals surface area contributed by atoms with Crippen LogP contribution in [0.5, 0.6) is 0 Å². The first kappa shape index (κ1) is 20.1. The first-order valence-corrected chi connectivity index (χ1v) is 10.4. The fourth-order valence-electron chi connectivity index (χ4n) is 2.95. The number of benzene rings is 2. The van der Waals surface area contributed by atoms with Gasteiger partial charge in [0.25, 0.3) is 0 Å². The average molecular weight is 395 g/mol. The molecule has 0 saturated carbocycles. The third kappa shape index (κ3) is 4.81. The van der Waals surface area contributed by atoms with Crippen molar-refractivity contribution in [1.29, 1.82) is 0 Å². The fraction of sp³-hybridized carbons (Fsp3) is 0.318. The van der Waals surface area contributed by atoms with E-state index < -0.39 is 0 Å². The van der Waals surface area contributed by atoms with Crippen molar-refractivity contribution in [3.63, 3.8) is 0 Å². The van der Waals surface area contributed by atoms with Crippen molar-refractivity contribution in [2.75, 3.05) is 12.8 Å². The summed E-state index contributed by atoms with van der Waals surface area (Å²) < 4.78 is 1.95. The summed E-state index contributed by atoms with van der Waals surface area (Å²) in [5.41, 5.74) is 5.81. The van der Waals surface area contributed by atoms with Gasteiger partial charge >= 0.3 is 0 Å². The van der Waals surface area contributed by atoms with Crippen molar-refractivity contribution in [1.82, 2.24) is 19.7 Å². The normalized spacial score (nSPS) is 10.9. The molecule has 0 atom stereocenters. The number of rotatable bonds is 7. The Morgan fingerprint density at radius 3 is 2.54 bits per heavy atom. The number of thioether (sulfide) groups is 1. The Labute approximate surface area is 170 Å². The zero-order valence-corrected chi connectivity index (χ0v) is 17.7. The van der Waals surface area contributed by atoms with Gasteiger partial charge in [0.1, 0.15) is 6.33 Å². The minimum Gasteiger partial charge on any atom is -0.341 e. The van der Waals surface area contributed by atoms with Gasteiger partial charge in [-0.1, -0.05) is 55.1 Å². The van der Waals surface area contributed by atoms with Gasteiger partial charge in [-0.05, 0) is 48.6 Å². The Bertz CT molecular complexity index is 949. The van der Waals surface area contributed by atoms with E-state index in [-0.39, 0.29) is 5.91 Å². The third-order valence-electron chi connectivity index (χ3n) is 4.74. The molecule has 0 aliphatic carbocycles. The number of carbonyl (C=O) groups excluding carboxylic acids is 1. The zero-order chi connectivity index (χ0) is 20.1. The second kappa shape index (κ2) is 9.06. The molecule has 3 aromatic rings. The Hall–Kier alpha value is -2.60. The summed E-state index contributed by atoms with van der Waals surface area (Å²) in [5.74, 6) is 0.396. The summed E-state index contributed by atoms with van der Waals surface area (Å²) in [6, 6.07) is 14.7. The van der Waals surface area contributed by atoms with Crippen LogP contribution in [0.2, 0.25) is 0 Å². The third-order valence-corrected chi connectivity index (χ3v) is 5.67. The van der Waals surface area contributed by atoms with Crippen molar-refractivity contribution >= 4 is 17.7 Å². The molecule has 0 saturated heterocycles. The van der Waals surface area contributed by atoms with Gasteiger partial charge in [0.05, 0.1) is 11.4 Å². The second-order valence-electron chi connectivity index (χ2n) is 6.98. The summed E-state index contributed by atoms with van der Waals surface area (Å²) in [4.78, 5) is 14.3. The standard InChI is InChI=1S/C22H26N4OS/c1-5-18-8-10-19(11-9-18)13-25(4)21(27)14-28-22-24-23-15-26(22)20-12-16(2)6-7-17(20)3/h6-12,15H,5,13-14H2,1-4H3. The molecular weight excluding hydrogens is 368 g/mol. The average Bonchev–Trinajstić information content (AvgIpc) is 3.16. The van der Waals surface area contributed by atoms with Crippen molar-refractivity contribution in [2.24, 2.45) is 0 Å². The number of carbonyl (C=O) groups is 1. The SMILES string of the molecule is CCc1ccc(CN(C)C(=O)CSc2nncn2-c2cc(C)ccc2C)cc1. The molecular formula is C22H26N4OS. The largest absolute Gasteiger partial charge is 0.341 e. The van der Waals surface area contributed by atoms with E-state index in [2.05, 4.69) is 73.4 Å². The molecule has 0 spiro atoms. The van der Waals surface area contributed by atoms with Crippen LogP contribution in [0.4, 0.5) is 0 Å². The fourth-order valence-corrected chi connectivity index (χ4v) is 3.81. The van der Waals surface area contributed by atoms with E-state index in [1.165, 1.54) is 22.9 Å². The molecule has 28 heavy (non-hydrogen) atoms. The summed E-state index contributed by atoms with van der Waals surface area (Å²) >= 11 is 1.41. The van der Waals surface area contributed by atoms with Crippen molar-refractivity contribution in [3.05, 3.63) is 71.0 Å². The number of aryl methyl sites for hydroxylation is 3. The molecule has 6 heteroatoms. The van der Waals surface area contributed by atoms with Gasteiger partial charge in [-0.2, -0.15) is 0 Å². The molecule has 5 nitrogen and oxygen atoms in total. The molecule has 0 fully saturated rings. The summed E-state index contributed by atoms with van der Waals surface area (Å²) in [7, 11) is 1.84. The van der Waals surface area contributed by atoms with Gasteiger partial charge in [0.15, 0.2) is 5.16 Å². The number of amides is 1. The van der Waals surface area contributed by atoms with Crippen molar-refractivity contribution in [3.8, 4) is 5.69 Å². The maximum Gasteiger partial charge on any atom is 0.233 e. The second-order valence-corrected chi connectivity index (χ2v) is 7.92. The Kier molecular flexibility index (Phi) is 6.52. The lowest BCUT2D eigenvalue weighted by molar-refractivity contribution is -0.127. The van der Waals surface area contributed by atoms with E-state index >= 15 is 0 Å². The highest BCUT2D eigenvalue weighted by atomic mass is 32.2. The molecule has 1 amide bonds. The van der Waals surface area contributed by atoms with E-state index in [1.807, 2.05) is 11.6 Å². The first-order chi connectivity index (χ1) is 13.5. The lowest BCUT2D eigenvalue weighted by atomic mass is 10.1. The lowest BCUT2D eigenvalue weighted by Gasteiger charge is -2.17. The van der Waals surface area contributed by atoms with Crippen LogP contribution in [0.3, 0.4) is 0 Å². The van der Waals surface area contributed by atoms with Crippen LogP contribution in [0, 0.1) is 13.8 Å². The van der Waals surface area contributed by atoms with Gasteiger partial charge in [-0.25, -0.2) is 0 Å². The molecule has 2 aromatic carbocycles. The van der Waals surface area contributed by atoms with Crippen LogP contribution in [-0.2, 0) is 17.8 Å². The van der Waals surface area contributed by atoms with Crippen LogP contribution in [0.15, 0.2) is 53.9 Å². The molecule has 0 N–H and O–H groups in total. The maximum atomic E-state index is 12.6. The van der Waals surface area contributed by atoms with E-state index in [1.54, 1.807) is 11.2 Å². The number of hydrogen-bond donors (Lipinski definition) is 0. The van der Waals surface area contributed by atoms with Crippen LogP contribution < -0.4 is 0 Å². The molecule has 1 aromatic heterocycles. The first-order valence-electron chi connectivity index (χ1n) is 9.40. The molecule has 3 rings (SSSR count). The number of aromatic nitrogens is 3. The van der Waals surface area contributed by atoms with Crippen LogP contribution >= 0.6 is 11.8 Å². The topological polar surface area (TPSA) is 51.0 Å². The molecule has 146 valence electrons. The zero-order valence-electron chi connectivity index (χ0n) is 16.8. The summed E-state index contributed by atoms with van der Waals surface area (Å²) in [6.45, 7) is 6.86. The van der Waals surface area contributed by atoms with E-state index in [0.29, 0.717) is 12.3 Å². The number of hydrogen-bond acceptors (Lipinski definition) is 4. The minimum absolute atomic E-state index is 0.0695. The van der Waals surface area contributed by atoms with Crippen LogP contribution in [0.25, 0.3) is 5.69 Å². The van der Waals surface area contributed by atoms with Crippen LogP contribution in [0.1, 0.15) is 29.2 Å². The van der Waals surface area contributed by atoms with E-state index in [4.69, 9.17) is 0 Å². The molecule has 0 aliphatic rings. The van der Waals surface area contributed by atoms with Gasteiger partial charge in [0, 0.05) is 13.6 Å². The van der Waals surface area contributed by atoms with Gasteiger partial charge in [-0.3, -0.25) is 9.36 Å². The van der Waals surface area contributed by atoms with E-state index in [9.17, 15) is 4.79 Å². The van der Waals surface area contributed by atoms with Gasteiger partial charge < -0.3 is 4.90 Å². The minimum atomic E-state index is 0.0695. The summed E-state index contributed by atoms with van der Waals surface area (Å²) in [5, 5.41) is 8.97. The van der Waals surface area contributed by atoms with Crippen LogP contribution in [-0.4, -0.2) is 38.4 Å². The molecule has 0 aliphatic heterocycles. The molecule has 0 unspecified atom stereocenters. The highest BCUT2D eigenvalue weighted by Crippen LogP contribution is 2.23.